The number of carbonyl (C=O) groups excluding carboxylic acids is 1. The maximum atomic E-state index is 14.7. The minimum atomic E-state index is -0.670. The molecule has 1 aliphatic rings. The number of pyridine rings is 1. The summed E-state index contributed by atoms with van der Waals surface area (Å²) in [5.41, 5.74) is 0.954. The van der Waals surface area contributed by atoms with E-state index in [0.717, 1.165) is 25.9 Å². The monoisotopic (exact) mass is 532 g/mol. The molecule has 194 valence electrons. The molecule has 1 fully saturated rings. The van der Waals surface area contributed by atoms with Crippen LogP contribution in [-0.4, -0.2) is 47.6 Å². The molecular formula is C27H25FN6O3S. The molecule has 1 unspecified atom stereocenters. The molecule has 38 heavy (non-hydrogen) atoms. The number of hydrogen-bond donors (Lipinski definition) is 2. The summed E-state index contributed by atoms with van der Waals surface area (Å²) in [5.74, 6) is 0.853. The number of piperidine rings is 1. The molecule has 9 nitrogen and oxygen atoms in total. The molecule has 1 aliphatic heterocycles. The number of benzene rings is 2. The summed E-state index contributed by atoms with van der Waals surface area (Å²) in [6.07, 6.45) is 5.36. The van der Waals surface area contributed by atoms with Crippen molar-refractivity contribution in [2.45, 2.75) is 12.8 Å². The van der Waals surface area contributed by atoms with E-state index >= 15 is 0 Å². The van der Waals surface area contributed by atoms with Gasteiger partial charge in [0.15, 0.2) is 5.13 Å². The lowest BCUT2D eigenvalue weighted by Crippen LogP contribution is -2.34. The number of nitriles is 1. The van der Waals surface area contributed by atoms with Gasteiger partial charge in [0.25, 0.3) is 0 Å². The number of ether oxygens (including phenoxy) is 2. The van der Waals surface area contributed by atoms with E-state index in [1.165, 1.54) is 29.5 Å². The van der Waals surface area contributed by atoms with Crippen molar-refractivity contribution in [1.82, 2.24) is 14.9 Å². The standard InChI is InChI=1S/C27H25FN6O3S/c1-34-9-2-3-17(15-34)16-36-25-13-23-20(11-18(25)14-29)24(6-7-30-23)37-19-4-5-22(21(28)12-19)32-26(35)33-27-31-8-10-38-27/h4-8,10-13,17H,2-3,9,15-16H2,1H3,(H2,31,32,33,35). The van der Waals surface area contributed by atoms with E-state index in [1.54, 1.807) is 36.0 Å². The molecular weight excluding hydrogens is 507 g/mol. The summed E-state index contributed by atoms with van der Waals surface area (Å²) in [6.45, 7) is 2.59. The number of fused-ring (bicyclic) bond motifs is 1. The van der Waals surface area contributed by atoms with Gasteiger partial charge in [0.05, 0.1) is 23.4 Å². The van der Waals surface area contributed by atoms with E-state index in [2.05, 4.69) is 38.6 Å². The highest BCUT2D eigenvalue weighted by Gasteiger charge is 2.19. The van der Waals surface area contributed by atoms with Gasteiger partial charge in [-0.1, -0.05) is 0 Å². The van der Waals surface area contributed by atoms with E-state index in [-0.39, 0.29) is 11.4 Å². The first kappa shape index (κ1) is 25.4. The third-order valence-electron chi connectivity index (χ3n) is 6.19. The van der Waals surface area contributed by atoms with Crippen LogP contribution in [0.5, 0.6) is 17.2 Å². The van der Waals surface area contributed by atoms with Crippen molar-refractivity contribution in [3.05, 3.63) is 65.6 Å². The Morgan fingerprint density at radius 1 is 1.21 bits per heavy atom. The van der Waals surface area contributed by atoms with Gasteiger partial charge in [0.1, 0.15) is 29.1 Å². The van der Waals surface area contributed by atoms with Gasteiger partial charge in [-0.15, -0.1) is 11.3 Å². The predicted molar refractivity (Wildman–Crippen MR) is 143 cm³/mol. The molecule has 1 atom stereocenters. The summed E-state index contributed by atoms with van der Waals surface area (Å²) in [7, 11) is 2.10. The molecule has 0 saturated carbocycles. The minimum absolute atomic E-state index is 0.0105. The van der Waals surface area contributed by atoms with Crippen molar-refractivity contribution in [1.29, 1.82) is 5.26 Å². The van der Waals surface area contributed by atoms with Crippen LogP contribution in [0.1, 0.15) is 18.4 Å². The zero-order valence-corrected chi connectivity index (χ0v) is 21.4. The lowest BCUT2D eigenvalue weighted by Gasteiger charge is -2.29. The number of carbonyl (C=O) groups is 1. The largest absolute Gasteiger partial charge is 0.492 e. The number of urea groups is 1. The second-order valence-corrected chi connectivity index (χ2v) is 9.92. The number of halogens is 1. The number of likely N-dealkylation sites (tertiary alicyclic amines) is 1. The van der Waals surface area contributed by atoms with Crippen LogP contribution >= 0.6 is 11.3 Å². The number of nitrogens with zero attached hydrogens (tertiary/aromatic N) is 4. The Bertz CT molecular complexity index is 1490. The molecule has 0 spiro atoms. The average Bonchev–Trinajstić information content (AvgIpc) is 3.41. The quantitative estimate of drug-likeness (QED) is 0.307. The fourth-order valence-electron chi connectivity index (χ4n) is 4.38. The molecule has 3 heterocycles. The van der Waals surface area contributed by atoms with Crippen LogP contribution in [0.25, 0.3) is 10.9 Å². The van der Waals surface area contributed by atoms with E-state index in [9.17, 15) is 14.4 Å². The maximum Gasteiger partial charge on any atom is 0.325 e. The molecule has 0 bridgehead atoms. The van der Waals surface area contributed by atoms with Gasteiger partial charge < -0.3 is 19.7 Å². The first-order valence-corrected chi connectivity index (χ1v) is 13.0. The molecule has 0 aliphatic carbocycles. The van der Waals surface area contributed by atoms with Gasteiger partial charge in [-0.25, -0.2) is 14.2 Å². The van der Waals surface area contributed by atoms with Crippen molar-refractivity contribution in [2.75, 3.05) is 37.4 Å². The van der Waals surface area contributed by atoms with E-state index < -0.39 is 11.8 Å². The summed E-state index contributed by atoms with van der Waals surface area (Å²) in [5, 5.41) is 17.5. The Hall–Kier alpha value is -4.27. The van der Waals surface area contributed by atoms with Gasteiger partial charge in [-0.2, -0.15) is 5.26 Å². The molecule has 2 aromatic carbocycles. The summed E-state index contributed by atoms with van der Waals surface area (Å²) < 4.78 is 26.7. The van der Waals surface area contributed by atoms with Crippen molar-refractivity contribution >= 4 is 39.1 Å². The topological polar surface area (TPSA) is 112 Å². The minimum Gasteiger partial charge on any atom is -0.492 e. The third kappa shape index (κ3) is 5.99. The third-order valence-corrected chi connectivity index (χ3v) is 6.88. The summed E-state index contributed by atoms with van der Waals surface area (Å²) in [4.78, 5) is 22.7. The lowest BCUT2D eigenvalue weighted by atomic mass is 9.99. The van der Waals surface area contributed by atoms with Gasteiger partial charge in [0.2, 0.25) is 0 Å². The van der Waals surface area contributed by atoms with E-state index in [0.29, 0.717) is 45.6 Å². The number of anilines is 2. The van der Waals surface area contributed by atoms with Crippen molar-refractivity contribution in [2.24, 2.45) is 5.92 Å². The normalized spacial score (nSPS) is 15.6. The van der Waals surface area contributed by atoms with Gasteiger partial charge in [-0.05, 0) is 50.7 Å². The Balaban J connectivity index is 1.31. The highest BCUT2D eigenvalue weighted by molar-refractivity contribution is 7.13. The smallest absolute Gasteiger partial charge is 0.325 e. The van der Waals surface area contributed by atoms with Gasteiger partial charge >= 0.3 is 6.03 Å². The fraction of sp³-hybridized carbons (Fsp3) is 0.259. The maximum absolute atomic E-state index is 14.7. The highest BCUT2D eigenvalue weighted by Crippen LogP contribution is 2.34. The van der Waals surface area contributed by atoms with Gasteiger partial charge in [0, 0.05) is 47.8 Å². The molecule has 4 aromatic rings. The molecule has 0 radical (unpaired) electrons. The molecule has 11 heteroatoms. The van der Waals surface area contributed by atoms with E-state index in [1.807, 2.05) is 0 Å². The van der Waals surface area contributed by atoms with Crippen LogP contribution in [0.2, 0.25) is 0 Å². The molecule has 2 amide bonds. The average molecular weight is 533 g/mol. The molecule has 2 N–H and O–H groups in total. The lowest BCUT2D eigenvalue weighted by molar-refractivity contribution is 0.150. The first-order chi connectivity index (χ1) is 18.5. The van der Waals surface area contributed by atoms with Crippen molar-refractivity contribution in [3.63, 3.8) is 0 Å². The number of nitrogens with one attached hydrogen (secondary N) is 2. The first-order valence-electron chi connectivity index (χ1n) is 12.1. The Labute approximate surface area is 222 Å². The molecule has 1 saturated heterocycles. The fourth-order valence-corrected chi connectivity index (χ4v) is 4.91. The van der Waals surface area contributed by atoms with Crippen LogP contribution in [0.3, 0.4) is 0 Å². The number of amides is 2. The Kier molecular flexibility index (Phi) is 7.62. The number of hydrogen-bond acceptors (Lipinski definition) is 8. The van der Waals surface area contributed by atoms with Gasteiger partial charge in [-0.3, -0.25) is 10.3 Å². The van der Waals surface area contributed by atoms with Crippen LogP contribution in [0.15, 0.2) is 54.2 Å². The van der Waals surface area contributed by atoms with Crippen LogP contribution < -0.4 is 20.1 Å². The number of thiazole rings is 1. The molecule has 5 rings (SSSR count). The summed E-state index contributed by atoms with van der Waals surface area (Å²) >= 11 is 1.25. The van der Waals surface area contributed by atoms with E-state index in [4.69, 9.17) is 9.47 Å². The second-order valence-electron chi connectivity index (χ2n) is 9.03. The predicted octanol–water partition coefficient (Wildman–Crippen LogP) is 5.86. The Morgan fingerprint density at radius 3 is 2.87 bits per heavy atom. The summed E-state index contributed by atoms with van der Waals surface area (Å²) in [6, 6.07) is 10.8. The number of rotatable bonds is 7. The second kappa shape index (κ2) is 11.4. The zero-order valence-electron chi connectivity index (χ0n) is 20.6. The highest BCUT2D eigenvalue weighted by atomic mass is 32.1. The zero-order chi connectivity index (χ0) is 26.5. The van der Waals surface area contributed by atoms with Crippen molar-refractivity contribution in [3.8, 4) is 23.3 Å². The Morgan fingerprint density at radius 2 is 2.11 bits per heavy atom. The van der Waals surface area contributed by atoms with Crippen LogP contribution in [0.4, 0.5) is 20.0 Å². The van der Waals surface area contributed by atoms with Crippen LogP contribution in [0, 0.1) is 23.1 Å². The van der Waals surface area contributed by atoms with Crippen molar-refractivity contribution < 1.29 is 18.7 Å². The number of aromatic nitrogens is 2. The SMILES string of the molecule is CN1CCCC(COc2cc3nccc(Oc4ccc(NC(=O)Nc5nccs5)c(F)c4)c3cc2C#N)C1. The molecule has 2 aromatic heterocycles. The van der Waals surface area contributed by atoms with Crippen LogP contribution in [-0.2, 0) is 0 Å².